The predicted octanol–water partition coefficient (Wildman–Crippen LogP) is 2.08. The van der Waals surface area contributed by atoms with Crippen molar-refractivity contribution in [3.8, 4) is 0 Å². The van der Waals surface area contributed by atoms with Gasteiger partial charge in [0, 0.05) is 16.6 Å². The monoisotopic (exact) mass is 428 g/mol. The lowest BCUT2D eigenvalue weighted by Gasteiger charge is -2.35. The Morgan fingerprint density at radius 3 is 2.31 bits per heavy atom. The van der Waals surface area contributed by atoms with E-state index in [1.54, 1.807) is 6.92 Å². The van der Waals surface area contributed by atoms with Gasteiger partial charge in [-0.3, -0.25) is 14.4 Å². The van der Waals surface area contributed by atoms with Gasteiger partial charge in [-0.25, -0.2) is 4.90 Å². The van der Waals surface area contributed by atoms with E-state index in [0.29, 0.717) is 11.3 Å². The predicted molar refractivity (Wildman–Crippen MR) is 124 cm³/mol. The molecule has 0 radical (unpaired) electrons. The zero-order chi connectivity index (χ0) is 22.2. The maximum atomic E-state index is 13.4. The Kier molecular flexibility index (Phi) is 5.23. The number of ketones is 1. The molecule has 6 nitrogen and oxygen atoms in total. The van der Waals surface area contributed by atoms with Gasteiger partial charge in [0.15, 0.2) is 11.8 Å². The quantitative estimate of drug-likeness (QED) is 0.511. The number of hydrogen-bond acceptors (Lipinski definition) is 4. The first-order valence-corrected chi connectivity index (χ1v) is 11.1. The third kappa shape index (κ3) is 3.56. The van der Waals surface area contributed by atoms with Crippen molar-refractivity contribution < 1.29 is 19.3 Å². The second kappa shape index (κ2) is 8.20. The summed E-state index contributed by atoms with van der Waals surface area (Å²) < 4.78 is 0. The molecule has 162 valence electrons. The summed E-state index contributed by atoms with van der Waals surface area (Å²) in [6, 6.07) is 20.9. The summed E-state index contributed by atoms with van der Waals surface area (Å²) in [5, 5.41) is 1.94. The first-order valence-electron chi connectivity index (χ1n) is 11.1. The summed E-state index contributed by atoms with van der Waals surface area (Å²) in [6.45, 7) is 4.77. The van der Waals surface area contributed by atoms with Gasteiger partial charge in [0.05, 0.1) is 38.3 Å². The average molecular weight is 429 g/mol. The van der Waals surface area contributed by atoms with Gasteiger partial charge in [-0.1, -0.05) is 36.4 Å². The van der Waals surface area contributed by atoms with Gasteiger partial charge in [-0.05, 0) is 42.6 Å². The van der Waals surface area contributed by atoms with Gasteiger partial charge in [-0.2, -0.15) is 0 Å². The molecular formula is C26H26N3O3+. The Balaban J connectivity index is 1.30. The van der Waals surface area contributed by atoms with Crippen LogP contribution in [-0.2, 0) is 9.59 Å². The van der Waals surface area contributed by atoms with Crippen LogP contribution in [0.2, 0.25) is 0 Å². The van der Waals surface area contributed by atoms with Crippen LogP contribution in [0.15, 0.2) is 66.7 Å². The number of carbonyl (C=O) groups excluding carboxylic acids is 3. The molecule has 0 bridgehead atoms. The molecule has 2 amide bonds. The first-order chi connectivity index (χ1) is 15.5. The molecule has 0 unspecified atom stereocenters. The van der Waals surface area contributed by atoms with E-state index < -0.39 is 0 Å². The lowest BCUT2D eigenvalue weighted by Crippen LogP contribution is -3.19. The Labute approximate surface area is 187 Å². The van der Waals surface area contributed by atoms with Crippen molar-refractivity contribution in [3.63, 3.8) is 0 Å². The summed E-state index contributed by atoms with van der Waals surface area (Å²) in [6.07, 6.45) is 0.255. The Morgan fingerprint density at radius 1 is 0.906 bits per heavy atom. The molecule has 2 heterocycles. The van der Waals surface area contributed by atoms with E-state index in [2.05, 4.69) is 4.90 Å². The van der Waals surface area contributed by atoms with Gasteiger partial charge in [0.25, 0.3) is 5.91 Å². The number of piperazine rings is 1. The Bertz CT molecular complexity index is 1190. The van der Waals surface area contributed by atoms with Crippen molar-refractivity contribution >= 4 is 39.7 Å². The SMILES string of the molecule is CC(=O)c1ccc(N2CC[NH+]([C@@H]3CC(=O)N(c4cccc5ccccc45)C3=O)CC2)cc1. The molecule has 1 N–H and O–H groups in total. The smallest absolute Gasteiger partial charge is 0.292 e. The molecule has 6 heteroatoms. The van der Waals surface area contributed by atoms with E-state index in [0.717, 1.165) is 42.6 Å². The van der Waals surface area contributed by atoms with Crippen molar-refractivity contribution in [1.29, 1.82) is 0 Å². The van der Waals surface area contributed by atoms with E-state index >= 15 is 0 Å². The molecule has 1 atom stereocenters. The molecule has 2 fully saturated rings. The number of nitrogens with zero attached hydrogens (tertiary/aromatic N) is 2. The molecule has 0 aromatic heterocycles. The van der Waals surface area contributed by atoms with Crippen LogP contribution in [0, 0.1) is 0 Å². The number of carbonyl (C=O) groups is 3. The van der Waals surface area contributed by atoms with Crippen molar-refractivity contribution in [1.82, 2.24) is 0 Å². The van der Waals surface area contributed by atoms with Gasteiger partial charge in [-0.15, -0.1) is 0 Å². The standard InChI is InChI=1S/C26H25N3O3/c1-18(30)19-9-11-21(12-10-19)27-13-15-28(16-14-27)24-17-25(31)29(26(24)32)23-8-4-6-20-5-2-3-7-22(20)23/h2-12,24H,13-17H2,1H3/p+1/t24-/m1/s1. The number of rotatable bonds is 4. The summed E-state index contributed by atoms with van der Waals surface area (Å²) >= 11 is 0. The highest BCUT2D eigenvalue weighted by atomic mass is 16.2. The first kappa shape index (κ1) is 20.4. The maximum absolute atomic E-state index is 13.4. The van der Waals surface area contributed by atoms with Crippen molar-refractivity contribution in [2.45, 2.75) is 19.4 Å². The summed E-state index contributed by atoms with van der Waals surface area (Å²) in [5.74, 6) is -0.155. The minimum atomic E-state index is -0.330. The molecule has 5 rings (SSSR count). The molecule has 2 aliphatic heterocycles. The molecule has 2 aliphatic rings. The molecule has 3 aromatic carbocycles. The number of imide groups is 1. The van der Waals surface area contributed by atoms with Gasteiger partial charge in [0.1, 0.15) is 0 Å². The highest BCUT2D eigenvalue weighted by molar-refractivity contribution is 6.24. The molecule has 2 saturated heterocycles. The minimum Gasteiger partial charge on any atom is -0.360 e. The second-order valence-corrected chi connectivity index (χ2v) is 8.57. The Hall–Kier alpha value is -3.51. The fourth-order valence-electron chi connectivity index (χ4n) is 4.91. The number of nitrogens with one attached hydrogen (secondary N) is 1. The second-order valence-electron chi connectivity index (χ2n) is 8.57. The van der Waals surface area contributed by atoms with Crippen LogP contribution in [0.5, 0.6) is 0 Å². The third-order valence-corrected chi connectivity index (χ3v) is 6.69. The summed E-state index contributed by atoms with van der Waals surface area (Å²) in [7, 11) is 0. The fourth-order valence-corrected chi connectivity index (χ4v) is 4.91. The van der Waals surface area contributed by atoms with E-state index in [4.69, 9.17) is 0 Å². The molecule has 3 aromatic rings. The number of quaternary nitrogens is 1. The molecule has 32 heavy (non-hydrogen) atoms. The lowest BCUT2D eigenvalue weighted by atomic mass is 10.1. The van der Waals surface area contributed by atoms with Crippen molar-refractivity contribution in [3.05, 3.63) is 72.3 Å². The van der Waals surface area contributed by atoms with Crippen LogP contribution in [0.4, 0.5) is 11.4 Å². The Morgan fingerprint density at radius 2 is 1.59 bits per heavy atom. The van der Waals surface area contributed by atoms with Crippen LogP contribution in [0.3, 0.4) is 0 Å². The van der Waals surface area contributed by atoms with Gasteiger partial charge >= 0.3 is 0 Å². The number of amides is 2. The third-order valence-electron chi connectivity index (χ3n) is 6.69. The lowest BCUT2D eigenvalue weighted by molar-refractivity contribution is -0.915. The minimum absolute atomic E-state index is 0.0611. The van der Waals surface area contributed by atoms with E-state index in [-0.39, 0.29) is 30.1 Å². The maximum Gasteiger partial charge on any atom is 0.292 e. The molecule has 0 spiro atoms. The van der Waals surface area contributed by atoms with E-state index in [9.17, 15) is 14.4 Å². The highest BCUT2D eigenvalue weighted by Gasteiger charge is 2.46. The number of Topliss-reactive ketones (excluding diaryl/α,β-unsaturated/α-hetero) is 1. The van der Waals surface area contributed by atoms with Crippen LogP contribution < -0.4 is 14.7 Å². The number of fused-ring (bicyclic) bond motifs is 1. The summed E-state index contributed by atoms with van der Waals surface area (Å²) in [4.78, 5) is 42.6. The average Bonchev–Trinajstić information content (AvgIpc) is 3.12. The van der Waals surface area contributed by atoms with E-state index in [1.165, 1.54) is 9.80 Å². The van der Waals surface area contributed by atoms with Crippen LogP contribution in [0.25, 0.3) is 10.8 Å². The number of benzene rings is 3. The van der Waals surface area contributed by atoms with Crippen LogP contribution in [0.1, 0.15) is 23.7 Å². The van der Waals surface area contributed by atoms with Crippen LogP contribution in [-0.4, -0.2) is 49.8 Å². The van der Waals surface area contributed by atoms with Gasteiger partial charge < -0.3 is 9.80 Å². The number of anilines is 2. The van der Waals surface area contributed by atoms with E-state index in [1.807, 2.05) is 66.7 Å². The fraction of sp³-hybridized carbons (Fsp3) is 0.269. The summed E-state index contributed by atoms with van der Waals surface area (Å²) in [5.41, 5.74) is 2.48. The molecule has 0 saturated carbocycles. The van der Waals surface area contributed by atoms with Gasteiger partial charge in [0.2, 0.25) is 5.91 Å². The normalized spacial score (nSPS) is 19.7. The zero-order valence-corrected chi connectivity index (χ0v) is 18.1. The topological polar surface area (TPSA) is 62.1 Å². The van der Waals surface area contributed by atoms with Crippen LogP contribution >= 0.6 is 0 Å². The largest absolute Gasteiger partial charge is 0.360 e. The molecular weight excluding hydrogens is 402 g/mol. The molecule has 0 aliphatic carbocycles. The zero-order valence-electron chi connectivity index (χ0n) is 18.1. The number of hydrogen-bond donors (Lipinski definition) is 1. The highest BCUT2D eigenvalue weighted by Crippen LogP contribution is 2.30. The van der Waals surface area contributed by atoms with Crippen molar-refractivity contribution in [2.24, 2.45) is 0 Å². The van der Waals surface area contributed by atoms with Crippen molar-refractivity contribution in [2.75, 3.05) is 36.0 Å².